The number of halogens is 4. The summed E-state index contributed by atoms with van der Waals surface area (Å²) >= 11 is 0. The highest BCUT2D eigenvalue weighted by atomic mass is 35.5. The first-order valence-corrected chi connectivity index (χ1v) is 7.96. The molecule has 2 rings (SSSR count). The number of rotatable bonds is 6. The van der Waals surface area contributed by atoms with Gasteiger partial charge >= 0.3 is 6.18 Å². The molecule has 144 valence electrons. The lowest BCUT2D eigenvalue weighted by Crippen LogP contribution is -2.29. The van der Waals surface area contributed by atoms with E-state index >= 15 is 0 Å². The van der Waals surface area contributed by atoms with Crippen LogP contribution in [0.1, 0.15) is 53.6 Å². The summed E-state index contributed by atoms with van der Waals surface area (Å²) in [6.07, 6.45) is -2.63. The Labute approximate surface area is 156 Å². The Balaban J connectivity index is 0.00000338. The molecule has 0 bridgehead atoms. The maximum atomic E-state index is 13.0. The molecule has 0 aliphatic rings. The Morgan fingerprint density at radius 2 is 1.96 bits per heavy atom. The second-order valence-electron chi connectivity index (χ2n) is 6.28. The van der Waals surface area contributed by atoms with Gasteiger partial charge in [0.2, 0.25) is 0 Å². The summed E-state index contributed by atoms with van der Waals surface area (Å²) in [5.74, 6) is 0.236. The monoisotopic (exact) mass is 390 g/mol. The fourth-order valence-corrected chi connectivity index (χ4v) is 2.53. The van der Waals surface area contributed by atoms with E-state index in [0.29, 0.717) is 23.3 Å². The molecule has 4 nitrogen and oxygen atoms in total. The molecule has 0 radical (unpaired) electrons. The van der Waals surface area contributed by atoms with Crippen molar-refractivity contribution in [1.82, 2.24) is 5.32 Å². The van der Waals surface area contributed by atoms with Gasteiger partial charge in [0.05, 0.1) is 23.7 Å². The van der Waals surface area contributed by atoms with Crippen LogP contribution in [0.25, 0.3) is 0 Å². The van der Waals surface area contributed by atoms with E-state index in [2.05, 4.69) is 5.32 Å². The molecule has 26 heavy (non-hydrogen) atoms. The smallest absolute Gasteiger partial charge is 0.416 e. The van der Waals surface area contributed by atoms with Crippen molar-refractivity contribution in [3.63, 3.8) is 0 Å². The Bertz CT molecular complexity index is 729. The van der Waals surface area contributed by atoms with Gasteiger partial charge in [-0.15, -0.1) is 12.4 Å². The zero-order chi connectivity index (χ0) is 18.6. The number of amides is 1. The normalized spacial score (nSPS) is 12.6. The number of hydrogen-bond acceptors (Lipinski definition) is 3. The Morgan fingerprint density at radius 1 is 1.27 bits per heavy atom. The number of nitrogens with two attached hydrogens (primary N) is 1. The number of benzene rings is 1. The molecule has 1 amide bonds. The van der Waals surface area contributed by atoms with Crippen LogP contribution < -0.4 is 11.1 Å². The van der Waals surface area contributed by atoms with E-state index in [1.807, 2.05) is 13.8 Å². The zero-order valence-electron chi connectivity index (χ0n) is 14.5. The van der Waals surface area contributed by atoms with E-state index in [1.165, 1.54) is 18.4 Å². The predicted molar refractivity (Wildman–Crippen MR) is 95.0 cm³/mol. The molecular weight excluding hydrogens is 369 g/mol. The molecule has 0 saturated heterocycles. The first-order chi connectivity index (χ1) is 11.7. The van der Waals surface area contributed by atoms with Crippen LogP contribution in [0.5, 0.6) is 0 Å². The number of carbonyl (C=O) groups is 1. The van der Waals surface area contributed by atoms with Crippen LogP contribution in [0.4, 0.5) is 13.2 Å². The van der Waals surface area contributed by atoms with E-state index in [-0.39, 0.29) is 24.9 Å². The lowest BCUT2D eigenvalue weighted by atomic mass is 9.95. The Kier molecular flexibility index (Phi) is 7.71. The van der Waals surface area contributed by atoms with E-state index in [4.69, 9.17) is 10.2 Å². The molecule has 2 aromatic rings. The number of hydrogen-bond donors (Lipinski definition) is 2. The van der Waals surface area contributed by atoms with Crippen molar-refractivity contribution in [3.05, 3.63) is 59.0 Å². The van der Waals surface area contributed by atoms with Gasteiger partial charge in [-0.05, 0) is 36.1 Å². The highest BCUT2D eigenvalue weighted by molar-refractivity contribution is 5.94. The molecule has 1 aromatic carbocycles. The highest BCUT2D eigenvalue weighted by Crippen LogP contribution is 2.32. The highest BCUT2D eigenvalue weighted by Gasteiger charge is 2.31. The summed E-state index contributed by atoms with van der Waals surface area (Å²) in [5, 5.41) is 2.79. The fraction of sp³-hybridized carbons (Fsp3) is 0.389. The van der Waals surface area contributed by atoms with E-state index in [1.54, 1.807) is 6.07 Å². The molecule has 0 aliphatic heterocycles. The van der Waals surface area contributed by atoms with Gasteiger partial charge < -0.3 is 15.5 Å². The standard InChI is InChI=1S/C18H21F3N2O2.ClH/c1-11(2)6-16(12-4-3-5-14(7-12)18(19,20)21)23-17(24)13-8-15(9-22)25-10-13;/h3-5,7-8,10-11,16H,6,9,22H2,1-2H3,(H,23,24);1H. The zero-order valence-corrected chi connectivity index (χ0v) is 15.3. The summed E-state index contributed by atoms with van der Waals surface area (Å²) < 4.78 is 44.0. The van der Waals surface area contributed by atoms with Crippen LogP contribution in [0, 0.1) is 5.92 Å². The molecule has 0 saturated carbocycles. The van der Waals surface area contributed by atoms with Gasteiger partial charge in [-0.2, -0.15) is 13.2 Å². The van der Waals surface area contributed by atoms with Gasteiger partial charge in [0.1, 0.15) is 12.0 Å². The van der Waals surface area contributed by atoms with Crippen molar-refractivity contribution in [2.75, 3.05) is 0 Å². The molecule has 0 spiro atoms. The third kappa shape index (κ3) is 5.78. The largest absolute Gasteiger partial charge is 0.467 e. The summed E-state index contributed by atoms with van der Waals surface area (Å²) in [7, 11) is 0. The van der Waals surface area contributed by atoms with Gasteiger partial charge in [-0.3, -0.25) is 4.79 Å². The van der Waals surface area contributed by atoms with Crippen LogP contribution >= 0.6 is 12.4 Å². The minimum atomic E-state index is -4.43. The molecule has 0 fully saturated rings. The van der Waals surface area contributed by atoms with Gasteiger partial charge in [0, 0.05) is 0 Å². The van der Waals surface area contributed by atoms with Gasteiger partial charge in [-0.25, -0.2) is 0 Å². The number of alkyl halides is 3. The first kappa shape index (κ1) is 22.1. The van der Waals surface area contributed by atoms with Gasteiger partial charge in [-0.1, -0.05) is 26.0 Å². The maximum Gasteiger partial charge on any atom is 0.416 e. The summed E-state index contributed by atoms with van der Waals surface area (Å²) in [6.45, 7) is 4.05. The predicted octanol–water partition coefficient (Wildman–Crippen LogP) is 4.70. The Morgan fingerprint density at radius 3 is 2.50 bits per heavy atom. The summed E-state index contributed by atoms with van der Waals surface area (Å²) in [5.41, 5.74) is 5.42. The second kappa shape index (κ2) is 9.09. The van der Waals surface area contributed by atoms with Crippen LogP contribution in [-0.4, -0.2) is 5.91 Å². The van der Waals surface area contributed by atoms with E-state index < -0.39 is 23.7 Å². The second-order valence-corrected chi connectivity index (χ2v) is 6.28. The molecule has 1 unspecified atom stereocenters. The van der Waals surface area contributed by atoms with E-state index in [9.17, 15) is 18.0 Å². The number of furan rings is 1. The molecular formula is C18H22ClF3N2O2. The molecule has 1 aromatic heterocycles. The van der Waals surface area contributed by atoms with Crippen molar-refractivity contribution in [2.24, 2.45) is 11.7 Å². The molecule has 3 N–H and O–H groups in total. The third-order valence-corrected chi connectivity index (χ3v) is 3.75. The minimum absolute atomic E-state index is 0. The van der Waals surface area contributed by atoms with Gasteiger partial charge in [0.25, 0.3) is 5.91 Å². The van der Waals surface area contributed by atoms with Crippen LogP contribution in [0.2, 0.25) is 0 Å². The minimum Gasteiger partial charge on any atom is -0.467 e. The molecule has 0 aliphatic carbocycles. The van der Waals surface area contributed by atoms with Crippen molar-refractivity contribution in [2.45, 2.75) is 39.0 Å². The average Bonchev–Trinajstić information content (AvgIpc) is 3.02. The van der Waals surface area contributed by atoms with Crippen molar-refractivity contribution in [1.29, 1.82) is 0 Å². The summed E-state index contributed by atoms with van der Waals surface area (Å²) in [4.78, 5) is 12.4. The molecule has 1 atom stereocenters. The third-order valence-electron chi connectivity index (χ3n) is 3.75. The molecule has 1 heterocycles. The number of carbonyl (C=O) groups excluding carboxylic acids is 1. The van der Waals surface area contributed by atoms with Crippen molar-refractivity contribution < 1.29 is 22.4 Å². The van der Waals surface area contributed by atoms with Crippen molar-refractivity contribution >= 4 is 18.3 Å². The maximum absolute atomic E-state index is 13.0. The van der Waals surface area contributed by atoms with Crippen molar-refractivity contribution in [3.8, 4) is 0 Å². The Hall–Kier alpha value is -1.99. The quantitative estimate of drug-likeness (QED) is 0.751. The molecule has 8 heteroatoms. The van der Waals surface area contributed by atoms with Crippen LogP contribution in [0.3, 0.4) is 0 Å². The van der Waals surface area contributed by atoms with Gasteiger partial charge in [0.15, 0.2) is 0 Å². The average molecular weight is 391 g/mol. The topological polar surface area (TPSA) is 68.3 Å². The van der Waals surface area contributed by atoms with Crippen LogP contribution in [-0.2, 0) is 12.7 Å². The van der Waals surface area contributed by atoms with Crippen LogP contribution in [0.15, 0.2) is 41.0 Å². The SMILES string of the molecule is CC(C)CC(NC(=O)c1coc(CN)c1)c1cccc(C(F)(F)F)c1.Cl. The fourth-order valence-electron chi connectivity index (χ4n) is 2.53. The number of nitrogens with one attached hydrogen (secondary N) is 1. The van der Waals surface area contributed by atoms with E-state index in [0.717, 1.165) is 12.1 Å². The first-order valence-electron chi connectivity index (χ1n) is 7.96. The lowest BCUT2D eigenvalue weighted by molar-refractivity contribution is -0.137. The summed E-state index contributed by atoms with van der Waals surface area (Å²) in [6, 6.07) is 6.01. The lowest BCUT2D eigenvalue weighted by Gasteiger charge is -2.22.